The van der Waals surface area contributed by atoms with Crippen molar-refractivity contribution in [1.82, 2.24) is 19.5 Å². The molecule has 1 aliphatic heterocycles. The van der Waals surface area contributed by atoms with E-state index >= 15 is 0 Å². The molecule has 0 radical (unpaired) electrons. The Morgan fingerprint density at radius 3 is 3.10 bits per heavy atom. The van der Waals surface area contributed by atoms with Gasteiger partial charge in [0.1, 0.15) is 11.8 Å². The molecule has 2 aromatic rings. The van der Waals surface area contributed by atoms with Gasteiger partial charge in [0.05, 0.1) is 19.0 Å². The number of rotatable bonds is 2. The average molecular weight is 281 g/mol. The van der Waals surface area contributed by atoms with Gasteiger partial charge in [-0.15, -0.1) is 0 Å². The third kappa shape index (κ3) is 1.79. The Labute approximate surface area is 113 Å². The number of nitrogens with zero attached hydrogens (tertiary/aromatic N) is 3. The third-order valence-corrected chi connectivity index (χ3v) is 3.54. The van der Waals surface area contributed by atoms with E-state index in [4.69, 9.17) is 15.6 Å². The van der Waals surface area contributed by atoms with Crippen LogP contribution in [-0.2, 0) is 10.5 Å². The van der Waals surface area contributed by atoms with E-state index in [2.05, 4.69) is 15.0 Å². The molecule has 9 nitrogen and oxygen atoms in total. The fraction of sp³-hybridized carbons (Fsp3) is 0.545. The average Bonchev–Trinajstić information content (AvgIpc) is 2.91. The summed E-state index contributed by atoms with van der Waals surface area (Å²) in [5.41, 5.74) is 4.57. The van der Waals surface area contributed by atoms with E-state index in [9.17, 15) is 9.90 Å². The van der Waals surface area contributed by atoms with Gasteiger partial charge in [0.2, 0.25) is 5.95 Å². The van der Waals surface area contributed by atoms with Crippen molar-refractivity contribution in [2.45, 2.75) is 31.3 Å². The van der Waals surface area contributed by atoms with Crippen molar-refractivity contribution >= 4 is 17.1 Å². The number of aromatic nitrogens is 4. The normalized spacial score (nSPS) is 30.1. The number of ether oxygens (including phenoxy) is 1. The Balaban J connectivity index is 2.14. The lowest BCUT2D eigenvalue weighted by Gasteiger charge is -2.26. The molecule has 108 valence electrons. The molecular formula is C11H15N5O4. The fourth-order valence-corrected chi connectivity index (χ4v) is 2.56. The number of hydrogen-bond donors (Lipinski definition) is 4. The van der Waals surface area contributed by atoms with Crippen LogP contribution in [0, 0.1) is 0 Å². The van der Waals surface area contributed by atoms with Crippen LogP contribution in [0.15, 0.2) is 11.1 Å². The number of nitrogens with two attached hydrogens (primary N) is 1. The Hall–Kier alpha value is -1.97. The summed E-state index contributed by atoms with van der Waals surface area (Å²) >= 11 is 0. The van der Waals surface area contributed by atoms with Crippen molar-refractivity contribution in [3.8, 4) is 0 Å². The van der Waals surface area contributed by atoms with Gasteiger partial charge in [-0.2, -0.15) is 4.98 Å². The van der Waals surface area contributed by atoms with Crippen molar-refractivity contribution in [1.29, 1.82) is 0 Å². The van der Waals surface area contributed by atoms with E-state index in [1.165, 1.54) is 6.33 Å². The molecule has 9 heteroatoms. The monoisotopic (exact) mass is 281 g/mol. The minimum atomic E-state index is -0.950. The molecule has 0 amide bonds. The fourth-order valence-electron chi connectivity index (χ4n) is 2.56. The number of hydrogen-bond acceptors (Lipinski definition) is 7. The molecule has 0 bridgehead atoms. The number of fused-ring (bicyclic) bond motifs is 1. The zero-order chi connectivity index (χ0) is 14.5. The SMILES string of the molecule is C[C@]1(n2cnc3c(=O)[nH]c(N)nc32)C[C@H](O)[C@@H](CO)O1. The summed E-state index contributed by atoms with van der Waals surface area (Å²) < 4.78 is 7.22. The molecule has 0 spiro atoms. The van der Waals surface area contributed by atoms with Crippen LogP contribution >= 0.6 is 0 Å². The molecule has 2 aromatic heterocycles. The maximum Gasteiger partial charge on any atom is 0.280 e. The Kier molecular flexibility index (Phi) is 2.78. The maximum absolute atomic E-state index is 11.7. The van der Waals surface area contributed by atoms with Gasteiger partial charge in [-0.05, 0) is 6.92 Å². The van der Waals surface area contributed by atoms with E-state index in [-0.39, 0.29) is 30.1 Å². The number of aliphatic hydroxyl groups is 2. The van der Waals surface area contributed by atoms with Gasteiger partial charge in [0, 0.05) is 6.42 Å². The highest BCUT2D eigenvalue weighted by atomic mass is 16.6. The van der Waals surface area contributed by atoms with Gasteiger partial charge in [-0.25, -0.2) is 4.98 Å². The Morgan fingerprint density at radius 1 is 1.70 bits per heavy atom. The van der Waals surface area contributed by atoms with Crippen molar-refractivity contribution in [2.75, 3.05) is 12.3 Å². The van der Waals surface area contributed by atoms with Crippen LogP contribution in [0.4, 0.5) is 5.95 Å². The highest BCUT2D eigenvalue weighted by Gasteiger charge is 2.44. The molecule has 0 unspecified atom stereocenters. The summed E-state index contributed by atoms with van der Waals surface area (Å²) in [6.45, 7) is 1.44. The first-order valence-corrected chi connectivity index (χ1v) is 6.14. The molecule has 3 atom stereocenters. The second-order valence-electron chi connectivity index (χ2n) is 5.02. The van der Waals surface area contributed by atoms with E-state index < -0.39 is 23.5 Å². The molecule has 1 aliphatic rings. The first kappa shape index (κ1) is 13.0. The first-order chi connectivity index (χ1) is 9.44. The van der Waals surface area contributed by atoms with Crippen molar-refractivity contribution in [3.63, 3.8) is 0 Å². The zero-order valence-corrected chi connectivity index (χ0v) is 10.8. The van der Waals surface area contributed by atoms with E-state index in [1.807, 2.05) is 0 Å². The van der Waals surface area contributed by atoms with Gasteiger partial charge < -0.3 is 20.7 Å². The lowest BCUT2D eigenvalue weighted by atomic mass is 10.1. The number of aromatic amines is 1. The molecule has 3 heterocycles. The molecule has 3 rings (SSSR count). The Morgan fingerprint density at radius 2 is 2.45 bits per heavy atom. The lowest BCUT2D eigenvalue weighted by Crippen LogP contribution is -2.31. The predicted molar refractivity (Wildman–Crippen MR) is 68.8 cm³/mol. The quantitative estimate of drug-likeness (QED) is 0.526. The second kappa shape index (κ2) is 4.27. The van der Waals surface area contributed by atoms with Crippen LogP contribution in [0.1, 0.15) is 13.3 Å². The number of aliphatic hydroxyl groups excluding tert-OH is 2. The van der Waals surface area contributed by atoms with Crippen LogP contribution in [-0.4, -0.2) is 48.5 Å². The van der Waals surface area contributed by atoms with Crippen LogP contribution in [0.3, 0.4) is 0 Å². The summed E-state index contributed by atoms with van der Waals surface area (Å²) in [5, 5.41) is 19.0. The summed E-state index contributed by atoms with van der Waals surface area (Å²) in [6, 6.07) is 0. The first-order valence-electron chi connectivity index (χ1n) is 6.14. The molecule has 0 aliphatic carbocycles. The predicted octanol–water partition coefficient (Wildman–Crippen LogP) is -1.48. The molecule has 0 saturated carbocycles. The topological polar surface area (TPSA) is 139 Å². The van der Waals surface area contributed by atoms with Crippen LogP contribution in [0.25, 0.3) is 11.2 Å². The number of imidazole rings is 1. The number of nitrogen functional groups attached to an aromatic ring is 1. The molecule has 0 aromatic carbocycles. The van der Waals surface area contributed by atoms with Gasteiger partial charge in [0.15, 0.2) is 11.2 Å². The van der Waals surface area contributed by atoms with Crippen LogP contribution < -0.4 is 11.3 Å². The number of anilines is 1. The van der Waals surface area contributed by atoms with Gasteiger partial charge in [-0.3, -0.25) is 14.3 Å². The van der Waals surface area contributed by atoms with Gasteiger partial charge in [0.25, 0.3) is 5.56 Å². The molecule has 1 saturated heterocycles. The summed E-state index contributed by atoms with van der Waals surface area (Å²) in [5.74, 6) is -0.0231. The molecule has 5 N–H and O–H groups in total. The summed E-state index contributed by atoms with van der Waals surface area (Å²) in [7, 11) is 0. The molecular weight excluding hydrogens is 266 g/mol. The van der Waals surface area contributed by atoms with Gasteiger partial charge in [-0.1, -0.05) is 0 Å². The van der Waals surface area contributed by atoms with Crippen molar-refractivity contribution < 1.29 is 14.9 Å². The van der Waals surface area contributed by atoms with Crippen molar-refractivity contribution in [3.05, 3.63) is 16.7 Å². The van der Waals surface area contributed by atoms with Crippen LogP contribution in [0.5, 0.6) is 0 Å². The smallest absolute Gasteiger partial charge is 0.280 e. The largest absolute Gasteiger partial charge is 0.394 e. The highest BCUT2D eigenvalue weighted by molar-refractivity contribution is 5.70. The Bertz CT molecular complexity index is 710. The molecule has 1 fully saturated rings. The highest BCUT2D eigenvalue weighted by Crippen LogP contribution is 2.36. The second-order valence-corrected chi connectivity index (χ2v) is 5.02. The number of nitrogens with one attached hydrogen (secondary N) is 1. The van der Waals surface area contributed by atoms with E-state index in [0.29, 0.717) is 0 Å². The standard InChI is InChI=1S/C11H15N5O4/c1-11(2-5(18)6(3-17)20-11)16-4-13-7-8(16)14-10(12)15-9(7)19/h4-6,17-18H,2-3H2,1H3,(H3,12,14,15,19)/t5-,6+,11+/m0/s1. The third-order valence-electron chi connectivity index (χ3n) is 3.54. The summed E-state index contributed by atoms with van der Waals surface area (Å²) in [4.78, 5) is 22.2. The van der Waals surface area contributed by atoms with E-state index in [1.54, 1.807) is 11.5 Å². The zero-order valence-electron chi connectivity index (χ0n) is 10.8. The minimum absolute atomic E-state index is 0.0231. The maximum atomic E-state index is 11.7. The summed E-state index contributed by atoms with van der Waals surface area (Å²) in [6.07, 6.45) is 0.176. The van der Waals surface area contributed by atoms with Crippen molar-refractivity contribution in [2.24, 2.45) is 0 Å². The van der Waals surface area contributed by atoms with Gasteiger partial charge >= 0.3 is 0 Å². The molecule has 20 heavy (non-hydrogen) atoms. The lowest BCUT2D eigenvalue weighted by molar-refractivity contribution is -0.103. The van der Waals surface area contributed by atoms with E-state index in [0.717, 1.165) is 0 Å². The minimum Gasteiger partial charge on any atom is -0.394 e. The van der Waals surface area contributed by atoms with Crippen LogP contribution in [0.2, 0.25) is 0 Å². The number of H-pyrrole nitrogens is 1.